The van der Waals surface area contributed by atoms with Gasteiger partial charge in [0.05, 0.1) is 17.5 Å². The minimum absolute atomic E-state index is 0.0207. The second-order valence-electron chi connectivity index (χ2n) is 6.09. The first-order valence-corrected chi connectivity index (χ1v) is 9.55. The maximum absolute atomic E-state index is 12.3. The molecular formula is C14H26N2O3S. The third-order valence-electron chi connectivity index (χ3n) is 4.40. The maximum atomic E-state index is 12.3. The zero-order valence-electron chi connectivity index (χ0n) is 12.3. The molecule has 20 heavy (non-hydrogen) atoms. The number of amides is 1. The summed E-state index contributed by atoms with van der Waals surface area (Å²) in [4.78, 5) is 14.5. The number of nitrogens with zero attached hydrogens (tertiary/aromatic N) is 1. The Balaban J connectivity index is 1.84. The number of likely N-dealkylation sites (tertiary alicyclic amines) is 1. The lowest BCUT2D eigenvalue weighted by Gasteiger charge is -2.30. The van der Waals surface area contributed by atoms with E-state index in [1.165, 1.54) is 19.3 Å². The number of carbonyl (C=O) groups excluding carboxylic acids is 1. The van der Waals surface area contributed by atoms with E-state index < -0.39 is 9.84 Å². The van der Waals surface area contributed by atoms with Crippen LogP contribution in [-0.2, 0) is 14.6 Å². The third kappa shape index (κ3) is 4.45. The van der Waals surface area contributed by atoms with Crippen molar-refractivity contribution in [3.05, 3.63) is 0 Å². The molecule has 1 N–H and O–H groups in total. The maximum Gasteiger partial charge on any atom is 0.237 e. The van der Waals surface area contributed by atoms with E-state index in [-0.39, 0.29) is 29.5 Å². The highest BCUT2D eigenvalue weighted by Crippen LogP contribution is 2.15. The Labute approximate surface area is 122 Å². The van der Waals surface area contributed by atoms with Crippen molar-refractivity contribution in [1.29, 1.82) is 0 Å². The quantitative estimate of drug-likeness (QED) is 0.843. The van der Waals surface area contributed by atoms with Gasteiger partial charge in [-0.05, 0) is 39.3 Å². The van der Waals surface area contributed by atoms with Crippen LogP contribution in [0, 0.1) is 0 Å². The second kappa shape index (κ2) is 6.89. The van der Waals surface area contributed by atoms with E-state index in [4.69, 9.17) is 0 Å². The Morgan fingerprint density at radius 1 is 1.15 bits per heavy atom. The predicted octanol–water partition coefficient (Wildman–Crippen LogP) is 0.944. The zero-order valence-corrected chi connectivity index (χ0v) is 13.1. The van der Waals surface area contributed by atoms with Gasteiger partial charge < -0.3 is 5.32 Å². The molecule has 0 bridgehead atoms. The summed E-state index contributed by atoms with van der Waals surface area (Å²) in [6, 6.07) is -0.346. The summed E-state index contributed by atoms with van der Waals surface area (Å²) in [6.07, 6.45) is 6.64. The summed E-state index contributed by atoms with van der Waals surface area (Å²) in [5, 5.41) is 2.91. The van der Waals surface area contributed by atoms with Crippen LogP contribution in [0.4, 0.5) is 0 Å². The number of rotatable bonds is 3. The van der Waals surface area contributed by atoms with Gasteiger partial charge in [-0.25, -0.2) is 8.42 Å². The molecule has 2 atom stereocenters. The lowest BCUT2D eigenvalue weighted by Crippen LogP contribution is -2.49. The molecule has 2 aliphatic heterocycles. The van der Waals surface area contributed by atoms with Gasteiger partial charge in [-0.1, -0.05) is 19.3 Å². The fraction of sp³-hybridized carbons (Fsp3) is 0.929. The average Bonchev–Trinajstić information content (AvgIpc) is 2.67. The molecule has 0 aliphatic carbocycles. The monoisotopic (exact) mass is 302 g/mol. The van der Waals surface area contributed by atoms with Crippen molar-refractivity contribution in [3.8, 4) is 0 Å². The molecule has 0 aromatic heterocycles. The summed E-state index contributed by atoms with van der Waals surface area (Å²) in [7, 11) is -2.93. The molecule has 1 amide bonds. The van der Waals surface area contributed by atoms with Gasteiger partial charge in [-0.2, -0.15) is 0 Å². The van der Waals surface area contributed by atoms with Crippen LogP contribution in [0.1, 0.15) is 45.4 Å². The standard InChI is InChI=1S/C14H26N2O3S/c1-12(16-8-5-3-2-4-6-9-16)14(17)15-13-7-10-20(18,19)11-13/h12-13H,2-11H2,1H3,(H,15,17)/t12-,13-/m0/s1. The van der Waals surface area contributed by atoms with E-state index in [9.17, 15) is 13.2 Å². The first-order valence-electron chi connectivity index (χ1n) is 7.73. The molecule has 2 aliphatic rings. The summed E-state index contributed by atoms with van der Waals surface area (Å²) >= 11 is 0. The number of nitrogens with one attached hydrogen (secondary N) is 1. The van der Waals surface area contributed by atoms with Crippen LogP contribution in [0.25, 0.3) is 0 Å². The molecule has 6 heteroatoms. The van der Waals surface area contributed by atoms with E-state index in [0.29, 0.717) is 6.42 Å². The summed E-state index contributed by atoms with van der Waals surface area (Å²) < 4.78 is 22.8. The highest BCUT2D eigenvalue weighted by Gasteiger charge is 2.31. The first-order chi connectivity index (χ1) is 9.48. The molecule has 0 aromatic rings. The lowest BCUT2D eigenvalue weighted by atomic mass is 10.1. The molecule has 2 heterocycles. The van der Waals surface area contributed by atoms with E-state index in [1.807, 2.05) is 6.92 Å². The van der Waals surface area contributed by atoms with Crippen molar-refractivity contribution in [2.75, 3.05) is 24.6 Å². The number of hydrogen-bond acceptors (Lipinski definition) is 4. The van der Waals surface area contributed by atoms with Gasteiger partial charge in [-0.15, -0.1) is 0 Å². The fourth-order valence-corrected chi connectivity index (χ4v) is 4.73. The molecule has 0 spiro atoms. The van der Waals surface area contributed by atoms with Crippen LogP contribution in [0.15, 0.2) is 0 Å². The molecule has 2 saturated heterocycles. The van der Waals surface area contributed by atoms with E-state index in [2.05, 4.69) is 10.2 Å². The van der Waals surface area contributed by atoms with Crippen molar-refractivity contribution < 1.29 is 13.2 Å². The second-order valence-corrected chi connectivity index (χ2v) is 8.32. The van der Waals surface area contributed by atoms with Gasteiger partial charge in [0.1, 0.15) is 0 Å². The summed E-state index contributed by atoms with van der Waals surface area (Å²) in [5.74, 6) is 0.286. The van der Waals surface area contributed by atoms with Gasteiger partial charge in [0.2, 0.25) is 5.91 Å². The molecule has 5 nitrogen and oxygen atoms in total. The van der Waals surface area contributed by atoms with Crippen molar-refractivity contribution >= 4 is 15.7 Å². The molecule has 0 unspecified atom stereocenters. The molecule has 0 radical (unpaired) electrons. The van der Waals surface area contributed by atoms with Crippen LogP contribution >= 0.6 is 0 Å². The largest absolute Gasteiger partial charge is 0.351 e. The molecule has 0 aromatic carbocycles. The number of sulfone groups is 1. The van der Waals surface area contributed by atoms with Crippen molar-refractivity contribution in [1.82, 2.24) is 10.2 Å². The van der Waals surface area contributed by atoms with Crippen LogP contribution in [-0.4, -0.2) is 55.9 Å². The van der Waals surface area contributed by atoms with Crippen molar-refractivity contribution in [3.63, 3.8) is 0 Å². The van der Waals surface area contributed by atoms with Gasteiger partial charge >= 0.3 is 0 Å². The highest BCUT2D eigenvalue weighted by atomic mass is 32.2. The van der Waals surface area contributed by atoms with E-state index >= 15 is 0 Å². The molecule has 2 fully saturated rings. The molecule has 116 valence electrons. The average molecular weight is 302 g/mol. The Bertz CT molecular complexity index is 428. The SMILES string of the molecule is C[C@@H](C(=O)N[C@H]1CCS(=O)(=O)C1)N1CCCCCCC1. The smallest absolute Gasteiger partial charge is 0.237 e. The van der Waals surface area contributed by atoms with Crippen LogP contribution in [0.5, 0.6) is 0 Å². The Kier molecular flexibility index (Phi) is 5.43. The Morgan fingerprint density at radius 3 is 2.30 bits per heavy atom. The minimum Gasteiger partial charge on any atom is -0.351 e. The molecule has 2 rings (SSSR count). The molecular weight excluding hydrogens is 276 g/mol. The van der Waals surface area contributed by atoms with Crippen molar-refractivity contribution in [2.45, 2.75) is 57.5 Å². The van der Waals surface area contributed by atoms with Gasteiger partial charge in [0.25, 0.3) is 0 Å². The van der Waals surface area contributed by atoms with Gasteiger partial charge in [0, 0.05) is 6.04 Å². The van der Waals surface area contributed by atoms with Crippen molar-refractivity contribution in [2.24, 2.45) is 0 Å². The Hall–Kier alpha value is -0.620. The topological polar surface area (TPSA) is 66.5 Å². The van der Waals surface area contributed by atoms with Gasteiger partial charge in [0.15, 0.2) is 9.84 Å². The summed E-state index contributed by atoms with van der Waals surface area (Å²) in [5.41, 5.74) is 0. The van der Waals surface area contributed by atoms with E-state index in [0.717, 1.165) is 25.9 Å². The normalized spacial score (nSPS) is 29.4. The third-order valence-corrected chi connectivity index (χ3v) is 6.16. The summed E-state index contributed by atoms with van der Waals surface area (Å²) in [6.45, 7) is 3.87. The highest BCUT2D eigenvalue weighted by molar-refractivity contribution is 7.91. The Morgan fingerprint density at radius 2 is 1.75 bits per heavy atom. The van der Waals surface area contributed by atoms with Crippen LogP contribution in [0.2, 0.25) is 0 Å². The van der Waals surface area contributed by atoms with E-state index in [1.54, 1.807) is 0 Å². The predicted molar refractivity (Wildman–Crippen MR) is 79.3 cm³/mol. The van der Waals surface area contributed by atoms with Crippen LogP contribution < -0.4 is 5.32 Å². The zero-order chi connectivity index (χ0) is 14.6. The fourth-order valence-electron chi connectivity index (χ4n) is 3.06. The van der Waals surface area contributed by atoms with Gasteiger partial charge in [-0.3, -0.25) is 9.69 Å². The number of carbonyl (C=O) groups is 1. The first kappa shape index (κ1) is 15.8. The van der Waals surface area contributed by atoms with Crippen LogP contribution in [0.3, 0.4) is 0 Å². The minimum atomic E-state index is -2.93. The number of hydrogen-bond donors (Lipinski definition) is 1. The molecule has 0 saturated carbocycles. The lowest BCUT2D eigenvalue weighted by molar-refractivity contribution is -0.126.